The summed E-state index contributed by atoms with van der Waals surface area (Å²) in [5.74, 6) is 0. The molecule has 8 nitrogen and oxygen atoms in total. The van der Waals surface area contributed by atoms with E-state index in [9.17, 15) is 14.9 Å². The van der Waals surface area contributed by atoms with Gasteiger partial charge in [0.2, 0.25) is 0 Å². The second kappa shape index (κ2) is 7.71. The van der Waals surface area contributed by atoms with Gasteiger partial charge >= 0.3 is 11.8 Å². The number of nitro groups is 1. The number of fused-ring (bicyclic) bond motifs is 2. The van der Waals surface area contributed by atoms with Crippen molar-refractivity contribution in [1.82, 2.24) is 0 Å². The molecule has 30 heavy (non-hydrogen) atoms. The zero-order valence-corrected chi connectivity index (χ0v) is 19.0. The number of carbonyl (C=O) groups excluding carboxylic acids is 1. The van der Waals surface area contributed by atoms with Crippen LogP contribution in [0.1, 0.15) is 20.8 Å². The quantitative estimate of drug-likeness (QED) is 0.485. The van der Waals surface area contributed by atoms with Crippen LogP contribution in [0.5, 0.6) is 0 Å². The fourth-order valence-corrected chi connectivity index (χ4v) is 4.36. The van der Waals surface area contributed by atoms with Gasteiger partial charge in [0.15, 0.2) is 0 Å². The Balaban J connectivity index is 2.27. The van der Waals surface area contributed by atoms with E-state index >= 15 is 0 Å². The Morgan fingerprint density at radius 2 is 1.70 bits per heavy atom. The molecule has 9 heteroatoms. The highest BCUT2D eigenvalue weighted by molar-refractivity contribution is 8.00. The van der Waals surface area contributed by atoms with Gasteiger partial charge in [-0.2, -0.15) is 0 Å². The molecule has 0 aliphatic carbocycles. The van der Waals surface area contributed by atoms with Crippen molar-refractivity contribution in [3.63, 3.8) is 0 Å². The van der Waals surface area contributed by atoms with E-state index in [1.54, 1.807) is 51.9 Å². The Morgan fingerprint density at radius 1 is 1.07 bits per heavy atom. The third-order valence-corrected chi connectivity index (χ3v) is 5.64. The van der Waals surface area contributed by atoms with Crippen LogP contribution in [0, 0.1) is 10.1 Å². The molecule has 160 valence electrons. The minimum atomic E-state index is -0.707. The Kier molecular flexibility index (Phi) is 5.60. The number of ether oxygens (including phenoxy) is 1. The van der Waals surface area contributed by atoms with E-state index in [4.69, 9.17) is 4.74 Å². The molecule has 3 rings (SSSR count). The molecule has 0 unspecified atom stereocenters. The summed E-state index contributed by atoms with van der Waals surface area (Å²) in [6, 6.07) is 9.07. The van der Waals surface area contributed by atoms with Gasteiger partial charge in [0.1, 0.15) is 16.2 Å². The zero-order chi connectivity index (χ0) is 22.4. The maximum Gasteiger partial charge on any atom is 0.419 e. The maximum atomic E-state index is 13.2. The smallest absolute Gasteiger partial charge is 0.419 e. The summed E-state index contributed by atoms with van der Waals surface area (Å²) in [6.07, 6.45) is -0.574. The number of hydrogen-bond donors (Lipinski definition) is 0. The number of nitrogens with zero attached hydrogens (tertiary/aromatic N) is 4. The molecule has 0 atom stereocenters. The summed E-state index contributed by atoms with van der Waals surface area (Å²) < 4.78 is 5.63. The monoisotopic (exact) mass is 430 g/mol. The van der Waals surface area contributed by atoms with Crippen molar-refractivity contribution in [1.29, 1.82) is 0 Å². The van der Waals surface area contributed by atoms with Crippen molar-refractivity contribution >= 4 is 46.3 Å². The van der Waals surface area contributed by atoms with E-state index in [1.807, 2.05) is 37.2 Å². The van der Waals surface area contributed by atoms with Gasteiger partial charge in [-0.05, 0) is 51.1 Å². The van der Waals surface area contributed by atoms with Gasteiger partial charge in [-0.1, -0.05) is 11.8 Å². The number of anilines is 4. The molecule has 1 heterocycles. The second-order valence-corrected chi connectivity index (χ2v) is 9.45. The van der Waals surface area contributed by atoms with Crippen LogP contribution in [-0.2, 0) is 4.74 Å². The van der Waals surface area contributed by atoms with Crippen LogP contribution in [-0.4, -0.2) is 44.8 Å². The van der Waals surface area contributed by atoms with Gasteiger partial charge in [-0.15, -0.1) is 0 Å². The van der Waals surface area contributed by atoms with E-state index in [1.165, 1.54) is 16.7 Å². The van der Waals surface area contributed by atoms with Crippen molar-refractivity contribution in [2.75, 3.05) is 42.9 Å². The van der Waals surface area contributed by atoms with Gasteiger partial charge < -0.3 is 14.5 Å². The Bertz CT molecular complexity index is 1010. The first-order valence-electron chi connectivity index (χ1n) is 9.41. The lowest BCUT2D eigenvalue weighted by molar-refractivity contribution is -0.386. The largest absolute Gasteiger partial charge is 0.443 e. The lowest BCUT2D eigenvalue weighted by Crippen LogP contribution is -2.35. The van der Waals surface area contributed by atoms with Crippen LogP contribution in [0.2, 0.25) is 0 Å². The number of nitro benzene ring substituents is 1. The number of rotatable bonds is 3. The van der Waals surface area contributed by atoms with Crippen LogP contribution in [0.25, 0.3) is 0 Å². The predicted octanol–water partition coefficient (Wildman–Crippen LogP) is 5.26. The van der Waals surface area contributed by atoms with E-state index in [-0.39, 0.29) is 5.69 Å². The van der Waals surface area contributed by atoms with Crippen LogP contribution in [0.4, 0.5) is 33.2 Å². The van der Waals surface area contributed by atoms with E-state index in [2.05, 4.69) is 0 Å². The minimum Gasteiger partial charge on any atom is -0.443 e. The third kappa shape index (κ3) is 4.02. The third-order valence-electron chi connectivity index (χ3n) is 4.48. The molecule has 0 spiro atoms. The summed E-state index contributed by atoms with van der Waals surface area (Å²) >= 11 is 1.30. The maximum absolute atomic E-state index is 13.2. The normalized spacial score (nSPS) is 12.7. The van der Waals surface area contributed by atoms with Crippen molar-refractivity contribution in [3.05, 3.63) is 40.4 Å². The van der Waals surface area contributed by atoms with Crippen molar-refractivity contribution in [3.8, 4) is 0 Å². The molecule has 0 aromatic heterocycles. The van der Waals surface area contributed by atoms with Crippen LogP contribution in [0.15, 0.2) is 40.1 Å². The van der Waals surface area contributed by atoms with E-state index < -0.39 is 16.6 Å². The van der Waals surface area contributed by atoms with E-state index in [0.717, 1.165) is 10.6 Å². The number of benzene rings is 2. The molecule has 0 saturated carbocycles. The predicted molar refractivity (Wildman–Crippen MR) is 121 cm³/mol. The molecule has 2 aromatic carbocycles. The van der Waals surface area contributed by atoms with Gasteiger partial charge in [0, 0.05) is 38.8 Å². The highest BCUT2D eigenvalue weighted by Crippen LogP contribution is 2.54. The summed E-state index contributed by atoms with van der Waals surface area (Å²) in [5, 5.41) is 12.0. The molecule has 1 aliphatic heterocycles. The fraction of sp³-hybridized carbons (Fsp3) is 0.381. The highest BCUT2D eigenvalue weighted by atomic mass is 32.2. The summed E-state index contributed by atoms with van der Waals surface area (Å²) in [7, 11) is 7.35. The Hall–Kier alpha value is -2.94. The molecule has 0 radical (unpaired) electrons. The molecular weight excluding hydrogens is 404 g/mol. The van der Waals surface area contributed by atoms with Gasteiger partial charge in [-0.3, -0.25) is 10.1 Å². The Labute approximate surface area is 180 Å². The number of carbonyl (C=O) groups is 1. The average molecular weight is 431 g/mol. The standard InChI is InChI=1S/C21H26N4O4S/c1-21(2,3)29-20(26)24-14-9-8-13(22(4)5)12-17(14)30-19-16(24)11-10-15(23(6)7)18(19)25(27)28/h8-12H,1-7H3. The number of amides is 1. The molecule has 0 bridgehead atoms. The van der Waals surface area contributed by atoms with E-state index in [0.29, 0.717) is 22.0 Å². The summed E-state index contributed by atoms with van der Waals surface area (Å²) in [5.41, 5.74) is 1.75. The molecule has 0 N–H and O–H groups in total. The highest BCUT2D eigenvalue weighted by Gasteiger charge is 2.37. The van der Waals surface area contributed by atoms with Crippen molar-refractivity contribution in [2.24, 2.45) is 0 Å². The first kappa shape index (κ1) is 21.8. The zero-order valence-electron chi connectivity index (χ0n) is 18.2. The molecule has 2 aromatic rings. The number of hydrogen-bond acceptors (Lipinski definition) is 7. The van der Waals surface area contributed by atoms with Crippen molar-refractivity contribution in [2.45, 2.75) is 36.2 Å². The minimum absolute atomic E-state index is 0.0306. The fourth-order valence-electron chi connectivity index (χ4n) is 3.16. The van der Waals surface area contributed by atoms with Crippen LogP contribution in [0.3, 0.4) is 0 Å². The van der Waals surface area contributed by atoms with Gasteiger partial charge in [-0.25, -0.2) is 9.69 Å². The lowest BCUT2D eigenvalue weighted by Gasteiger charge is -2.33. The molecule has 0 fully saturated rings. The first-order chi connectivity index (χ1) is 13.9. The summed E-state index contributed by atoms with van der Waals surface area (Å²) in [4.78, 5) is 31.0. The molecule has 1 amide bonds. The Morgan fingerprint density at radius 3 is 2.23 bits per heavy atom. The van der Waals surface area contributed by atoms with Crippen molar-refractivity contribution < 1.29 is 14.5 Å². The second-order valence-electron chi connectivity index (χ2n) is 8.40. The van der Waals surface area contributed by atoms with Crippen LogP contribution < -0.4 is 14.7 Å². The SMILES string of the molecule is CN(C)c1ccc2c(c1)Sc1c(ccc(N(C)C)c1[N+](=O)[O-])N2C(=O)OC(C)(C)C. The average Bonchev–Trinajstić information content (AvgIpc) is 2.62. The topological polar surface area (TPSA) is 79.2 Å². The first-order valence-corrected chi connectivity index (χ1v) is 10.2. The molecule has 0 saturated heterocycles. The van der Waals surface area contributed by atoms with Gasteiger partial charge in [0.05, 0.1) is 16.3 Å². The lowest BCUT2D eigenvalue weighted by atomic mass is 10.1. The van der Waals surface area contributed by atoms with Crippen LogP contribution >= 0.6 is 11.8 Å². The van der Waals surface area contributed by atoms with Gasteiger partial charge in [0.25, 0.3) is 0 Å². The summed E-state index contributed by atoms with van der Waals surface area (Å²) in [6.45, 7) is 5.37. The molecular formula is C21H26N4O4S. The molecule has 1 aliphatic rings.